The van der Waals surface area contributed by atoms with Crippen LogP contribution in [0.15, 0.2) is 48.3 Å². The lowest BCUT2D eigenvalue weighted by Gasteiger charge is -2.15. The first-order valence-electron chi connectivity index (χ1n) is 8.64. The van der Waals surface area contributed by atoms with Gasteiger partial charge in [0.25, 0.3) is 11.8 Å². The van der Waals surface area contributed by atoms with E-state index in [1.807, 2.05) is 6.08 Å². The van der Waals surface area contributed by atoms with Crippen LogP contribution in [0.2, 0.25) is 0 Å². The number of halogens is 1. The Kier molecular flexibility index (Phi) is 6.22. The molecule has 0 radical (unpaired) electrons. The number of hydrogen-bond acceptors (Lipinski definition) is 5. The van der Waals surface area contributed by atoms with Crippen LogP contribution in [0, 0.1) is 5.82 Å². The van der Waals surface area contributed by atoms with Crippen molar-refractivity contribution in [3.8, 4) is 0 Å². The summed E-state index contributed by atoms with van der Waals surface area (Å²) < 4.78 is 12.9. The maximum absolute atomic E-state index is 12.9. The molecule has 0 spiro atoms. The predicted octanol–water partition coefficient (Wildman–Crippen LogP) is 1.20. The number of carbonyl (C=O) groups is 2. The molecule has 2 aromatic rings. The van der Waals surface area contributed by atoms with E-state index >= 15 is 0 Å². The standard InChI is InChI=1S/C19H20FN5O2/c20-15-3-1-13(2-4-15)11-24-18(26)16-17(23-10-9-22-16)19(27)25-12-14-5-7-21-8-6-14/h1-5,9-10,21H,6-8,11-12H2,(H,24,26)(H,25,27). The summed E-state index contributed by atoms with van der Waals surface area (Å²) in [6.07, 6.45) is 5.64. The van der Waals surface area contributed by atoms with E-state index in [-0.39, 0.29) is 23.7 Å². The molecule has 0 fully saturated rings. The molecule has 140 valence electrons. The number of benzene rings is 1. The Bertz CT molecular complexity index is 851. The van der Waals surface area contributed by atoms with Gasteiger partial charge in [0.05, 0.1) is 0 Å². The van der Waals surface area contributed by atoms with Crippen LogP contribution in [0.4, 0.5) is 4.39 Å². The fraction of sp³-hybridized carbons (Fsp3) is 0.263. The van der Waals surface area contributed by atoms with Crippen molar-refractivity contribution < 1.29 is 14.0 Å². The van der Waals surface area contributed by atoms with Crippen molar-refractivity contribution >= 4 is 11.8 Å². The molecular weight excluding hydrogens is 349 g/mol. The maximum Gasteiger partial charge on any atom is 0.272 e. The van der Waals surface area contributed by atoms with Crippen molar-refractivity contribution in [2.75, 3.05) is 19.6 Å². The van der Waals surface area contributed by atoms with Gasteiger partial charge in [-0.2, -0.15) is 0 Å². The van der Waals surface area contributed by atoms with E-state index in [1.165, 1.54) is 24.5 Å². The largest absolute Gasteiger partial charge is 0.347 e. The lowest BCUT2D eigenvalue weighted by Crippen LogP contribution is -2.33. The zero-order valence-corrected chi connectivity index (χ0v) is 14.7. The molecular formula is C19H20FN5O2. The van der Waals surface area contributed by atoms with E-state index in [1.54, 1.807) is 12.1 Å². The van der Waals surface area contributed by atoms with E-state index in [4.69, 9.17) is 0 Å². The fourth-order valence-electron chi connectivity index (χ4n) is 2.65. The zero-order valence-electron chi connectivity index (χ0n) is 14.7. The fourth-order valence-corrected chi connectivity index (χ4v) is 2.65. The molecule has 2 heterocycles. The SMILES string of the molecule is O=C(NCC1=CCNCC1)c1nccnc1C(=O)NCc1ccc(F)cc1. The van der Waals surface area contributed by atoms with Crippen molar-refractivity contribution in [3.05, 3.63) is 71.1 Å². The van der Waals surface area contributed by atoms with Crippen LogP contribution >= 0.6 is 0 Å². The molecule has 0 bridgehead atoms. The number of carbonyl (C=O) groups excluding carboxylic acids is 2. The van der Waals surface area contributed by atoms with Crippen LogP contribution in [0.25, 0.3) is 0 Å². The number of nitrogens with zero attached hydrogens (tertiary/aromatic N) is 2. The summed E-state index contributed by atoms with van der Waals surface area (Å²) >= 11 is 0. The molecule has 0 saturated heterocycles. The average molecular weight is 369 g/mol. The third-order valence-electron chi connectivity index (χ3n) is 4.13. The Hall–Kier alpha value is -3.13. The van der Waals surface area contributed by atoms with Gasteiger partial charge in [0.2, 0.25) is 0 Å². The van der Waals surface area contributed by atoms with Crippen molar-refractivity contribution in [2.45, 2.75) is 13.0 Å². The molecule has 1 aromatic heterocycles. The van der Waals surface area contributed by atoms with Crippen LogP contribution in [-0.4, -0.2) is 41.4 Å². The Morgan fingerprint density at radius 3 is 2.22 bits per heavy atom. The van der Waals surface area contributed by atoms with Gasteiger partial charge in [-0.1, -0.05) is 23.8 Å². The summed E-state index contributed by atoms with van der Waals surface area (Å²) in [5.74, 6) is -1.31. The van der Waals surface area contributed by atoms with Crippen LogP contribution in [0.5, 0.6) is 0 Å². The van der Waals surface area contributed by atoms with Gasteiger partial charge in [-0.05, 0) is 30.7 Å². The first kappa shape index (κ1) is 18.7. The van der Waals surface area contributed by atoms with Crippen molar-refractivity contribution in [3.63, 3.8) is 0 Å². The van der Waals surface area contributed by atoms with E-state index in [9.17, 15) is 14.0 Å². The summed E-state index contributed by atoms with van der Waals surface area (Å²) in [6, 6.07) is 5.79. The number of aromatic nitrogens is 2. The first-order chi connectivity index (χ1) is 13.1. The van der Waals surface area contributed by atoms with Crippen LogP contribution in [0.3, 0.4) is 0 Å². The van der Waals surface area contributed by atoms with Gasteiger partial charge in [-0.15, -0.1) is 0 Å². The highest BCUT2D eigenvalue weighted by Gasteiger charge is 2.20. The minimum atomic E-state index is -0.515. The van der Waals surface area contributed by atoms with Gasteiger partial charge in [-0.3, -0.25) is 9.59 Å². The Morgan fingerprint density at radius 2 is 1.63 bits per heavy atom. The molecule has 8 heteroatoms. The highest BCUT2D eigenvalue weighted by Crippen LogP contribution is 2.07. The smallest absolute Gasteiger partial charge is 0.272 e. The third-order valence-corrected chi connectivity index (χ3v) is 4.13. The second kappa shape index (κ2) is 9.00. The van der Waals surface area contributed by atoms with Crippen molar-refractivity contribution in [2.24, 2.45) is 0 Å². The molecule has 1 aromatic carbocycles. The number of nitrogens with one attached hydrogen (secondary N) is 3. The summed E-state index contributed by atoms with van der Waals surface area (Å²) in [7, 11) is 0. The Labute approximate surface area is 156 Å². The second-order valence-corrected chi connectivity index (χ2v) is 6.06. The summed E-state index contributed by atoms with van der Waals surface area (Å²) in [5, 5.41) is 8.66. The minimum Gasteiger partial charge on any atom is -0.347 e. The van der Waals surface area contributed by atoms with Crippen LogP contribution in [-0.2, 0) is 6.54 Å². The summed E-state index contributed by atoms with van der Waals surface area (Å²) in [6.45, 7) is 2.27. The monoisotopic (exact) mass is 369 g/mol. The highest BCUT2D eigenvalue weighted by molar-refractivity contribution is 6.04. The van der Waals surface area contributed by atoms with Gasteiger partial charge in [0.15, 0.2) is 11.4 Å². The predicted molar refractivity (Wildman–Crippen MR) is 97.5 cm³/mol. The van der Waals surface area contributed by atoms with Crippen molar-refractivity contribution in [1.82, 2.24) is 25.9 Å². The topological polar surface area (TPSA) is 96.0 Å². The zero-order chi connectivity index (χ0) is 19.1. The van der Waals surface area contributed by atoms with Crippen LogP contribution < -0.4 is 16.0 Å². The molecule has 1 aliphatic rings. The highest BCUT2D eigenvalue weighted by atomic mass is 19.1. The van der Waals surface area contributed by atoms with E-state index < -0.39 is 11.8 Å². The molecule has 2 amide bonds. The molecule has 3 rings (SSSR count). The van der Waals surface area contributed by atoms with E-state index in [0.29, 0.717) is 6.54 Å². The van der Waals surface area contributed by atoms with E-state index in [2.05, 4.69) is 25.9 Å². The third kappa shape index (κ3) is 5.18. The van der Waals surface area contributed by atoms with Gasteiger partial charge >= 0.3 is 0 Å². The molecule has 0 unspecified atom stereocenters. The van der Waals surface area contributed by atoms with Crippen LogP contribution in [0.1, 0.15) is 33.0 Å². The molecule has 27 heavy (non-hydrogen) atoms. The molecule has 0 saturated carbocycles. The van der Waals surface area contributed by atoms with Gasteiger partial charge in [0.1, 0.15) is 5.82 Å². The Balaban J connectivity index is 1.63. The van der Waals surface area contributed by atoms with Gasteiger partial charge < -0.3 is 16.0 Å². The van der Waals surface area contributed by atoms with Gasteiger partial charge in [-0.25, -0.2) is 14.4 Å². The summed E-state index contributed by atoms with van der Waals surface area (Å²) in [5.41, 5.74) is 1.80. The average Bonchev–Trinajstić information content (AvgIpc) is 2.72. The first-order valence-corrected chi connectivity index (χ1v) is 8.64. The lowest BCUT2D eigenvalue weighted by molar-refractivity contribution is 0.0911. The molecule has 1 aliphatic heterocycles. The molecule has 0 aliphatic carbocycles. The quantitative estimate of drug-likeness (QED) is 0.665. The molecule has 0 atom stereocenters. The maximum atomic E-state index is 12.9. The second-order valence-electron chi connectivity index (χ2n) is 6.06. The number of hydrogen-bond donors (Lipinski definition) is 3. The number of amides is 2. The van der Waals surface area contributed by atoms with E-state index in [0.717, 1.165) is 30.6 Å². The number of rotatable bonds is 6. The minimum absolute atomic E-state index is 0.0244. The van der Waals surface area contributed by atoms with Crippen molar-refractivity contribution in [1.29, 1.82) is 0 Å². The molecule has 7 nitrogen and oxygen atoms in total. The normalized spacial score (nSPS) is 13.6. The Morgan fingerprint density at radius 1 is 1.00 bits per heavy atom. The lowest BCUT2D eigenvalue weighted by atomic mass is 10.1. The van der Waals surface area contributed by atoms with Gasteiger partial charge in [0, 0.05) is 32.0 Å². The molecule has 3 N–H and O–H groups in total. The summed E-state index contributed by atoms with van der Waals surface area (Å²) in [4.78, 5) is 32.9.